The van der Waals surface area contributed by atoms with Gasteiger partial charge in [0.05, 0.1) is 5.69 Å². The average Bonchev–Trinajstić information content (AvgIpc) is 3.54. The Labute approximate surface area is 181 Å². The molecule has 0 spiro atoms. The molecule has 5 rings (SSSR count). The Morgan fingerprint density at radius 1 is 1.00 bits per heavy atom. The highest BCUT2D eigenvalue weighted by Gasteiger charge is 2.30. The maximum Gasteiger partial charge on any atom is 0.249 e. The third-order valence-electron chi connectivity index (χ3n) is 6.36. The number of aromatic nitrogens is 3. The second kappa shape index (κ2) is 8.23. The van der Waals surface area contributed by atoms with Crippen molar-refractivity contribution in [1.29, 1.82) is 0 Å². The second-order valence-electron chi connectivity index (χ2n) is 8.74. The Bertz CT molecular complexity index is 1110. The highest BCUT2D eigenvalue weighted by molar-refractivity contribution is 5.92. The van der Waals surface area contributed by atoms with Crippen molar-refractivity contribution in [2.45, 2.75) is 39.2 Å². The van der Waals surface area contributed by atoms with Gasteiger partial charge < -0.3 is 0 Å². The van der Waals surface area contributed by atoms with Crippen molar-refractivity contribution in [2.24, 2.45) is 11.8 Å². The first-order valence-electron chi connectivity index (χ1n) is 11.1. The minimum Gasteiger partial charge on any atom is -0.300 e. The lowest BCUT2D eigenvalue weighted by atomic mass is 9.93. The van der Waals surface area contributed by atoms with Gasteiger partial charge in [-0.1, -0.05) is 30.3 Å². The maximum absolute atomic E-state index is 12.0. The molecule has 0 unspecified atom stereocenters. The first-order valence-corrected chi connectivity index (χ1v) is 11.1. The summed E-state index contributed by atoms with van der Waals surface area (Å²) in [5.41, 5.74) is 3.95. The minimum atomic E-state index is 0.00847. The molecule has 7 nitrogen and oxygen atoms in total. The van der Waals surface area contributed by atoms with Gasteiger partial charge in [0.2, 0.25) is 11.9 Å². The molecule has 1 aliphatic carbocycles. The number of ketones is 1. The topological polar surface area (TPSA) is 79.6 Å². The third-order valence-corrected chi connectivity index (χ3v) is 6.36. The minimum absolute atomic E-state index is 0.00847. The van der Waals surface area contributed by atoms with Crippen LogP contribution in [0, 0.1) is 11.8 Å². The molecule has 1 saturated heterocycles. The fourth-order valence-corrected chi connectivity index (χ4v) is 4.27. The van der Waals surface area contributed by atoms with Crippen LogP contribution in [-0.4, -0.2) is 44.3 Å². The normalized spacial score (nSPS) is 17.7. The van der Waals surface area contributed by atoms with E-state index in [1.807, 2.05) is 18.2 Å². The molecule has 2 aromatic heterocycles. The lowest BCUT2D eigenvalue weighted by Gasteiger charge is -2.30. The number of fused-ring (bicyclic) bond motifs is 1. The predicted molar refractivity (Wildman–Crippen MR) is 118 cm³/mol. The molecular weight excluding hydrogens is 390 g/mol. The van der Waals surface area contributed by atoms with E-state index in [0.717, 1.165) is 56.6 Å². The Kier molecular flexibility index (Phi) is 5.28. The molecular formula is C24H27N5O2. The fourth-order valence-electron chi connectivity index (χ4n) is 4.27. The number of hydrogen-bond donors (Lipinski definition) is 1. The van der Waals surface area contributed by atoms with Crippen LogP contribution in [0.3, 0.4) is 0 Å². The molecule has 2 fully saturated rings. The number of piperidine rings is 1. The van der Waals surface area contributed by atoms with E-state index in [2.05, 4.69) is 44.6 Å². The van der Waals surface area contributed by atoms with Gasteiger partial charge in [-0.3, -0.25) is 19.8 Å². The highest BCUT2D eigenvalue weighted by Crippen LogP contribution is 2.30. The Balaban J connectivity index is 1.29. The molecule has 3 aromatic rings. The van der Waals surface area contributed by atoms with E-state index in [0.29, 0.717) is 17.4 Å². The average molecular weight is 418 g/mol. The molecule has 1 aliphatic heterocycles. The molecule has 2 aliphatic rings. The number of Topliss-reactive ketones (excluding diaryl/α,β-unsaturated/α-hetero) is 1. The van der Waals surface area contributed by atoms with Crippen LogP contribution in [0.1, 0.15) is 38.2 Å². The van der Waals surface area contributed by atoms with E-state index in [-0.39, 0.29) is 17.7 Å². The van der Waals surface area contributed by atoms with Gasteiger partial charge in [-0.15, -0.1) is 5.10 Å². The predicted octanol–water partition coefficient (Wildman–Crippen LogP) is 3.55. The first kappa shape index (κ1) is 19.9. The number of rotatable bonds is 6. The summed E-state index contributed by atoms with van der Waals surface area (Å²) in [6.45, 7) is 4.55. The highest BCUT2D eigenvalue weighted by atomic mass is 16.2. The summed E-state index contributed by atoms with van der Waals surface area (Å²) in [5, 5.41) is 7.34. The standard InChI is InChI=1S/C24H27N5O2/c1-16(30)18-11-13-28(14-12-18)15-17-5-7-19(8-6-17)21-3-2-4-22-25-24(27-29(21)22)26-23(31)20-9-10-20/h2-8,18,20H,9-15H2,1H3,(H,26,27,31). The van der Waals surface area contributed by atoms with Gasteiger partial charge in [-0.2, -0.15) is 4.98 Å². The quantitative estimate of drug-likeness (QED) is 0.664. The van der Waals surface area contributed by atoms with Gasteiger partial charge in [0.25, 0.3) is 0 Å². The number of likely N-dealkylation sites (tertiary alicyclic amines) is 1. The van der Waals surface area contributed by atoms with E-state index in [1.165, 1.54) is 5.56 Å². The smallest absolute Gasteiger partial charge is 0.249 e. The largest absolute Gasteiger partial charge is 0.300 e. The first-order chi connectivity index (χ1) is 15.1. The maximum atomic E-state index is 12.0. The van der Waals surface area contributed by atoms with Crippen LogP contribution in [0.4, 0.5) is 5.95 Å². The number of benzene rings is 1. The van der Waals surface area contributed by atoms with E-state index in [4.69, 9.17) is 0 Å². The molecule has 1 aromatic carbocycles. The number of hydrogen-bond acceptors (Lipinski definition) is 5. The van der Waals surface area contributed by atoms with E-state index in [1.54, 1.807) is 11.4 Å². The molecule has 3 heterocycles. The van der Waals surface area contributed by atoms with Crippen molar-refractivity contribution in [3.63, 3.8) is 0 Å². The van der Waals surface area contributed by atoms with Gasteiger partial charge in [0.1, 0.15) is 5.78 Å². The molecule has 0 atom stereocenters. The fraction of sp³-hybridized carbons (Fsp3) is 0.417. The molecule has 1 amide bonds. The van der Waals surface area contributed by atoms with E-state index >= 15 is 0 Å². The SMILES string of the molecule is CC(=O)C1CCN(Cc2ccc(-c3cccc4nc(NC(=O)C5CC5)nn34)cc2)CC1. The van der Waals surface area contributed by atoms with Crippen molar-refractivity contribution < 1.29 is 9.59 Å². The van der Waals surface area contributed by atoms with Crippen LogP contribution < -0.4 is 5.32 Å². The number of nitrogens with one attached hydrogen (secondary N) is 1. The van der Waals surface area contributed by atoms with Gasteiger partial charge in [0.15, 0.2) is 5.65 Å². The van der Waals surface area contributed by atoms with Crippen molar-refractivity contribution in [2.75, 3.05) is 18.4 Å². The molecule has 31 heavy (non-hydrogen) atoms. The Morgan fingerprint density at radius 3 is 2.42 bits per heavy atom. The summed E-state index contributed by atoms with van der Waals surface area (Å²) in [7, 11) is 0. The lowest BCUT2D eigenvalue weighted by Crippen LogP contribution is -2.35. The lowest BCUT2D eigenvalue weighted by molar-refractivity contribution is -0.122. The molecule has 0 radical (unpaired) electrons. The van der Waals surface area contributed by atoms with Crippen LogP contribution in [0.2, 0.25) is 0 Å². The van der Waals surface area contributed by atoms with Gasteiger partial charge in [0, 0.05) is 23.9 Å². The van der Waals surface area contributed by atoms with Crippen molar-refractivity contribution in [3.8, 4) is 11.3 Å². The number of nitrogens with zero attached hydrogens (tertiary/aromatic N) is 4. The van der Waals surface area contributed by atoms with Crippen LogP contribution in [0.25, 0.3) is 16.9 Å². The van der Waals surface area contributed by atoms with E-state index < -0.39 is 0 Å². The van der Waals surface area contributed by atoms with Gasteiger partial charge in [-0.25, -0.2) is 4.52 Å². The van der Waals surface area contributed by atoms with Crippen molar-refractivity contribution >= 4 is 23.3 Å². The van der Waals surface area contributed by atoms with E-state index in [9.17, 15) is 9.59 Å². The number of pyridine rings is 1. The molecule has 0 bridgehead atoms. The van der Waals surface area contributed by atoms with Gasteiger partial charge in [-0.05, 0) is 63.4 Å². The van der Waals surface area contributed by atoms with Crippen LogP contribution in [0.5, 0.6) is 0 Å². The number of carbonyl (C=O) groups is 2. The number of carbonyl (C=O) groups excluding carboxylic acids is 2. The summed E-state index contributed by atoms with van der Waals surface area (Å²) >= 11 is 0. The summed E-state index contributed by atoms with van der Waals surface area (Å²) < 4.78 is 1.78. The monoisotopic (exact) mass is 417 g/mol. The third kappa shape index (κ3) is 4.37. The summed E-state index contributed by atoms with van der Waals surface area (Å²) in [4.78, 5) is 30.5. The second-order valence-corrected chi connectivity index (χ2v) is 8.74. The zero-order chi connectivity index (χ0) is 21.4. The van der Waals surface area contributed by atoms with Crippen LogP contribution >= 0.6 is 0 Å². The number of anilines is 1. The summed E-state index contributed by atoms with van der Waals surface area (Å²) in [6.07, 6.45) is 3.82. The molecule has 160 valence electrons. The summed E-state index contributed by atoms with van der Waals surface area (Å²) in [6, 6.07) is 14.4. The Morgan fingerprint density at radius 2 is 1.74 bits per heavy atom. The van der Waals surface area contributed by atoms with Crippen molar-refractivity contribution in [3.05, 3.63) is 48.0 Å². The summed E-state index contributed by atoms with van der Waals surface area (Å²) in [5.74, 6) is 1.04. The van der Waals surface area contributed by atoms with Crippen LogP contribution in [-0.2, 0) is 16.1 Å². The zero-order valence-electron chi connectivity index (χ0n) is 17.8. The molecule has 1 saturated carbocycles. The van der Waals surface area contributed by atoms with Crippen LogP contribution in [0.15, 0.2) is 42.5 Å². The van der Waals surface area contributed by atoms with Crippen molar-refractivity contribution in [1.82, 2.24) is 19.5 Å². The number of amides is 1. The zero-order valence-corrected chi connectivity index (χ0v) is 17.8. The molecule has 1 N–H and O–H groups in total. The van der Waals surface area contributed by atoms with Gasteiger partial charge >= 0.3 is 0 Å². The molecule has 7 heteroatoms. The Hall–Kier alpha value is -3.06.